The zero-order chi connectivity index (χ0) is 12.1. The third-order valence-electron chi connectivity index (χ3n) is 1.76. The van der Waals surface area contributed by atoms with Crippen molar-refractivity contribution in [2.45, 2.75) is 6.42 Å². The van der Waals surface area contributed by atoms with E-state index < -0.39 is 4.92 Å². The van der Waals surface area contributed by atoms with Crippen LogP contribution in [0.5, 0.6) is 0 Å². The standard InChI is InChI=1S/C10H8Cl2N2O2/c11-4-2-1-3-7-5-8(12)6-9(10(7)13)14(15)16/h5-6H,2,4,13H2. The van der Waals surface area contributed by atoms with Gasteiger partial charge in [0.05, 0.1) is 10.5 Å². The Morgan fingerprint density at radius 3 is 2.75 bits per heavy atom. The molecule has 0 aromatic heterocycles. The van der Waals surface area contributed by atoms with E-state index in [1.54, 1.807) is 0 Å². The zero-order valence-corrected chi connectivity index (χ0v) is 9.68. The van der Waals surface area contributed by atoms with Gasteiger partial charge in [0.15, 0.2) is 0 Å². The quantitative estimate of drug-likeness (QED) is 0.292. The summed E-state index contributed by atoms with van der Waals surface area (Å²) in [5, 5.41) is 10.9. The van der Waals surface area contributed by atoms with E-state index in [-0.39, 0.29) is 16.4 Å². The Morgan fingerprint density at radius 1 is 1.50 bits per heavy atom. The number of nitrogen functional groups attached to an aromatic ring is 1. The van der Waals surface area contributed by atoms with Gasteiger partial charge in [0.1, 0.15) is 5.69 Å². The number of nitrogens with zero attached hydrogens (tertiary/aromatic N) is 1. The molecule has 0 spiro atoms. The van der Waals surface area contributed by atoms with Gasteiger partial charge in [-0.05, 0) is 6.07 Å². The van der Waals surface area contributed by atoms with Crippen LogP contribution in [0.3, 0.4) is 0 Å². The van der Waals surface area contributed by atoms with E-state index in [9.17, 15) is 10.1 Å². The maximum atomic E-state index is 10.7. The van der Waals surface area contributed by atoms with E-state index in [1.807, 2.05) is 0 Å². The van der Waals surface area contributed by atoms with Crippen LogP contribution < -0.4 is 5.73 Å². The molecule has 1 aromatic rings. The van der Waals surface area contributed by atoms with Gasteiger partial charge in [-0.3, -0.25) is 10.1 Å². The fraction of sp³-hybridized carbons (Fsp3) is 0.200. The van der Waals surface area contributed by atoms with Crippen LogP contribution in [0.15, 0.2) is 12.1 Å². The van der Waals surface area contributed by atoms with E-state index >= 15 is 0 Å². The number of nitro groups is 1. The lowest BCUT2D eigenvalue weighted by Gasteiger charge is -2.00. The number of nitro benzene ring substituents is 1. The van der Waals surface area contributed by atoms with Crippen molar-refractivity contribution in [3.05, 3.63) is 32.8 Å². The molecule has 1 aromatic carbocycles. The van der Waals surface area contributed by atoms with Crippen LogP contribution in [-0.2, 0) is 0 Å². The summed E-state index contributed by atoms with van der Waals surface area (Å²) in [7, 11) is 0. The van der Waals surface area contributed by atoms with Crippen molar-refractivity contribution in [3.63, 3.8) is 0 Å². The van der Waals surface area contributed by atoms with Crippen LogP contribution in [0.2, 0.25) is 5.02 Å². The van der Waals surface area contributed by atoms with Gasteiger partial charge in [0, 0.05) is 23.4 Å². The Labute approximate surface area is 102 Å². The fourth-order valence-electron chi connectivity index (χ4n) is 1.06. The summed E-state index contributed by atoms with van der Waals surface area (Å²) in [4.78, 5) is 10.1. The number of anilines is 1. The highest BCUT2D eigenvalue weighted by Crippen LogP contribution is 2.28. The van der Waals surface area contributed by atoms with Gasteiger partial charge >= 0.3 is 0 Å². The molecule has 84 valence electrons. The SMILES string of the molecule is Nc1c(C#CCCCl)cc(Cl)cc1[N+](=O)[O-]. The van der Waals surface area contributed by atoms with Crippen LogP contribution in [0.25, 0.3) is 0 Å². The van der Waals surface area contributed by atoms with Gasteiger partial charge < -0.3 is 5.73 Å². The number of hydrogen-bond acceptors (Lipinski definition) is 3. The molecule has 0 aliphatic heterocycles. The third-order valence-corrected chi connectivity index (χ3v) is 2.17. The molecule has 0 atom stereocenters. The van der Waals surface area contributed by atoms with Gasteiger partial charge in [-0.2, -0.15) is 0 Å². The number of halogens is 2. The van der Waals surface area contributed by atoms with Crippen molar-refractivity contribution in [1.29, 1.82) is 0 Å². The summed E-state index contributed by atoms with van der Waals surface area (Å²) in [5.74, 6) is 5.84. The Hall–Kier alpha value is -1.44. The monoisotopic (exact) mass is 258 g/mol. The highest BCUT2D eigenvalue weighted by Gasteiger charge is 2.15. The van der Waals surface area contributed by atoms with E-state index in [0.717, 1.165) is 0 Å². The minimum absolute atomic E-state index is 0.0245. The first kappa shape index (κ1) is 12.6. The molecular weight excluding hydrogens is 251 g/mol. The van der Waals surface area contributed by atoms with Crippen LogP contribution >= 0.6 is 23.2 Å². The van der Waals surface area contributed by atoms with Crippen LogP contribution in [0.4, 0.5) is 11.4 Å². The minimum atomic E-state index is -0.589. The predicted molar refractivity (Wildman–Crippen MR) is 64.7 cm³/mol. The Kier molecular flexibility index (Phi) is 4.41. The van der Waals surface area contributed by atoms with Gasteiger partial charge in [0.25, 0.3) is 5.69 Å². The molecule has 0 unspecified atom stereocenters. The molecule has 4 nitrogen and oxygen atoms in total. The summed E-state index contributed by atoms with van der Waals surface area (Å²) in [6.45, 7) is 0. The summed E-state index contributed by atoms with van der Waals surface area (Å²) < 4.78 is 0. The van der Waals surface area contributed by atoms with Gasteiger partial charge in [-0.15, -0.1) is 11.6 Å². The first-order valence-electron chi connectivity index (χ1n) is 4.34. The van der Waals surface area contributed by atoms with Gasteiger partial charge in [0.2, 0.25) is 0 Å². The van der Waals surface area contributed by atoms with E-state index in [2.05, 4.69) is 11.8 Å². The number of rotatable bonds is 2. The van der Waals surface area contributed by atoms with Gasteiger partial charge in [-0.25, -0.2) is 0 Å². The molecule has 0 amide bonds. The molecule has 6 heteroatoms. The molecule has 0 aliphatic rings. The second kappa shape index (κ2) is 5.59. The van der Waals surface area contributed by atoms with Crippen LogP contribution in [-0.4, -0.2) is 10.8 Å². The smallest absolute Gasteiger partial charge is 0.294 e. The number of benzene rings is 1. The van der Waals surface area contributed by atoms with Crippen molar-refractivity contribution in [1.82, 2.24) is 0 Å². The molecule has 0 heterocycles. The maximum absolute atomic E-state index is 10.7. The lowest BCUT2D eigenvalue weighted by atomic mass is 10.1. The van der Waals surface area contributed by atoms with Crippen molar-refractivity contribution < 1.29 is 4.92 Å². The predicted octanol–water partition coefficient (Wildman–Crippen LogP) is 2.81. The molecule has 0 aliphatic carbocycles. The Morgan fingerprint density at radius 2 is 2.19 bits per heavy atom. The number of alkyl halides is 1. The topological polar surface area (TPSA) is 69.2 Å². The van der Waals surface area contributed by atoms with Crippen molar-refractivity contribution in [2.24, 2.45) is 0 Å². The molecule has 2 N–H and O–H groups in total. The fourth-order valence-corrected chi connectivity index (χ4v) is 1.37. The van der Waals surface area contributed by atoms with E-state index in [1.165, 1.54) is 12.1 Å². The molecule has 0 radical (unpaired) electrons. The molecule has 16 heavy (non-hydrogen) atoms. The second-order valence-electron chi connectivity index (χ2n) is 2.88. The zero-order valence-electron chi connectivity index (χ0n) is 8.17. The highest BCUT2D eigenvalue weighted by atomic mass is 35.5. The van der Waals surface area contributed by atoms with Gasteiger partial charge in [-0.1, -0.05) is 23.4 Å². The summed E-state index contributed by atoms with van der Waals surface area (Å²) >= 11 is 11.2. The first-order chi connectivity index (χ1) is 7.56. The van der Waals surface area contributed by atoms with Crippen molar-refractivity contribution >= 4 is 34.6 Å². The van der Waals surface area contributed by atoms with E-state index in [4.69, 9.17) is 28.9 Å². The third kappa shape index (κ3) is 3.02. The largest absolute Gasteiger partial charge is 0.392 e. The van der Waals surface area contributed by atoms with Crippen molar-refractivity contribution in [3.8, 4) is 11.8 Å². The Balaban J connectivity index is 3.21. The molecule has 0 saturated heterocycles. The number of hydrogen-bond donors (Lipinski definition) is 1. The normalized spacial score (nSPS) is 9.38. The van der Waals surface area contributed by atoms with Crippen LogP contribution in [0.1, 0.15) is 12.0 Å². The molecule has 0 fully saturated rings. The average Bonchev–Trinajstić information content (AvgIpc) is 2.22. The summed E-state index contributed by atoms with van der Waals surface area (Å²) in [5.41, 5.74) is 5.74. The molecule has 0 saturated carbocycles. The van der Waals surface area contributed by atoms with Crippen molar-refractivity contribution in [2.75, 3.05) is 11.6 Å². The first-order valence-corrected chi connectivity index (χ1v) is 5.25. The lowest BCUT2D eigenvalue weighted by Crippen LogP contribution is -1.98. The lowest BCUT2D eigenvalue weighted by molar-refractivity contribution is -0.383. The molecule has 1 rings (SSSR count). The minimum Gasteiger partial charge on any atom is -0.392 e. The average molecular weight is 259 g/mol. The maximum Gasteiger partial charge on any atom is 0.294 e. The second-order valence-corrected chi connectivity index (χ2v) is 3.70. The van der Waals surface area contributed by atoms with E-state index in [0.29, 0.717) is 17.9 Å². The number of nitrogens with two attached hydrogens (primary N) is 1. The van der Waals surface area contributed by atoms with Crippen LogP contribution in [0, 0.1) is 22.0 Å². The molecular formula is C10H8Cl2N2O2. The summed E-state index contributed by atoms with van der Waals surface area (Å²) in [6.07, 6.45) is 0.487. The highest BCUT2D eigenvalue weighted by molar-refractivity contribution is 6.31. The summed E-state index contributed by atoms with van der Waals surface area (Å²) in [6, 6.07) is 2.69. The molecule has 0 bridgehead atoms. The Bertz CT molecular complexity index is 478.